The Hall–Kier alpha value is -20.4. The molecule has 0 aliphatic heterocycles. The van der Waals surface area contributed by atoms with Gasteiger partial charge in [0.15, 0.2) is 57.8 Å². The van der Waals surface area contributed by atoms with E-state index in [1.54, 1.807) is 127 Å². The predicted octanol–water partition coefficient (Wildman–Crippen LogP) is 31.5. The second-order valence-corrected chi connectivity index (χ2v) is 34.1. The van der Waals surface area contributed by atoms with Crippen LogP contribution in [-0.4, -0.2) is 44.9 Å². The molecule has 23 rings (SSSR count). The number of rotatable bonds is 11. The molecule has 16 nitrogen and oxygen atoms in total. The van der Waals surface area contributed by atoms with Crippen molar-refractivity contribution in [2.24, 2.45) is 0 Å². The molecule has 0 unspecified atom stereocenters. The summed E-state index contributed by atoms with van der Waals surface area (Å²) in [7, 11) is 0. The second-order valence-electron chi connectivity index (χ2n) is 34.1. The number of para-hydroxylation sites is 3. The Kier molecular flexibility index (Phi) is 23.6. The lowest BCUT2D eigenvalue weighted by Gasteiger charge is -2.18. The Balaban J connectivity index is 0.000000129. The number of hydrogen-bond acceptors (Lipinski definition) is 13. The van der Waals surface area contributed by atoms with E-state index < -0.39 is 52.1 Å². The Labute approximate surface area is 821 Å². The summed E-state index contributed by atoms with van der Waals surface area (Å²) in [6, 6.07) is 103. The molecule has 17 aromatic carbocycles. The third-order valence-electron chi connectivity index (χ3n) is 25.5. The normalized spacial score (nSPS) is 11.1. The quantitative estimate of drug-likeness (QED) is 0.0387. The number of aromatic nitrogens is 9. The van der Waals surface area contributed by atoms with E-state index in [0.717, 1.165) is 106 Å². The van der Waals surface area contributed by atoms with Crippen LogP contribution in [0.5, 0.6) is 0 Å². The third kappa shape index (κ3) is 16.2. The number of hydrogen-bond donors (Lipinski definition) is 0. The molecule has 6 heterocycles. The molecule has 24 heteroatoms. The van der Waals surface area contributed by atoms with Crippen molar-refractivity contribution in [3.63, 3.8) is 0 Å². The molecule has 0 aliphatic carbocycles. The molecule has 0 atom stereocenters. The summed E-state index contributed by atoms with van der Waals surface area (Å²) in [6.45, 7) is 28.0. The first kappa shape index (κ1) is 91.1. The van der Waals surface area contributed by atoms with Crippen LogP contribution in [0.25, 0.3) is 236 Å². The molecule has 0 N–H and O–H groups in total. The molecule has 0 aliphatic rings. The molecule has 6 aromatic heterocycles. The van der Waals surface area contributed by atoms with Gasteiger partial charge in [0.05, 0.1) is 173 Å². The Morgan fingerprint density at radius 1 is 0.228 bits per heavy atom. The van der Waals surface area contributed by atoms with Crippen LogP contribution < -0.4 is 0 Å². The van der Waals surface area contributed by atoms with Crippen molar-refractivity contribution < 1.29 is 35.1 Å². The van der Waals surface area contributed by atoms with E-state index >= 15 is 8.78 Å². The van der Waals surface area contributed by atoms with E-state index in [-0.39, 0.29) is 22.4 Å². The van der Waals surface area contributed by atoms with Gasteiger partial charge in [0.1, 0.15) is 0 Å². The first-order valence-corrected chi connectivity index (χ1v) is 45.1. The second kappa shape index (κ2) is 37.5. The standard InChI is InChI=1S/C42H20F5N5.C42H22F3N5.C37H20N6/c1-21-19-30-42(52-40(23-13-11-22(20-48)12-14-23)39(51-30)24-15-17-25(49-2)18-16-24)32-28-9-5-6-10-29(28)50-41(31(21)32)27-8-4-3-7-26(27)33-34(43)36(45)38(47)37(46)35(33)44;1-23-19-35-42(50-40(25-13-11-24(22-46)12-14-25)39(49-35)26-15-17-28(47-2)18-16-26)37-31-9-5-6-10-34(31)48-41(36(23)37)30-8-4-3-7-29(30)27-20-32(43)38(45)33(44)21-27;1-22-19-31-37(33-29-9-5-6-10-30(29)41-36(32(22)33)28-8-4-3-7-26(28)21-39)43-35(24-13-11-23(20-38)12-14-24)34(42-31)25-15-17-27(40-2)18-16-25/h3-19H,1H3;3-21H,1H3;3-19H,1H3. The summed E-state index contributed by atoms with van der Waals surface area (Å²) in [6.07, 6.45) is 0. The van der Waals surface area contributed by atoms with Crippen LogP contribution in [-0.2, 0) is 0 Å². The SMILES string of the molecule is [C-]#[N+]c1ccc(-c2nc3cc(C)c4c(-c5ccccc5-c5c(F)c(F)c(F)c(F)c5F)nc5ccccc5c4c3nc2-c2ccc(C#N)cc2)cc1.[C-]#[N+]c1ccc(-c2nc3cc(C)c4c(-c5ccccc5-c5cc(F)c(F)c(F)c5)nc5ccccc5c4c3nc2-c2ccc(C#N)cc2)cc1.[C-]#[N+]c1ccc(-c2nc3cc(C)c4c(-c5ccccc5C#N)nc5ccccc5c4c3nc2-c2ccc(C#N)cc2)cc1. The fraction of sp³-hybridized carbons (Fsp3) is 0.0248. The predicted molar refractivity (Wildman–Crippen MR) is 548 cm³/mol. The summed E-state index contributed by atoms with van der Waals surface area (Å²) in [5, 5.41) is 45.3. The smallest absolute Gasteiger partial charge is 0.200 e. The van der Waals surface area contributed by atoms with E-state index in [1.165, 1.54) is 18.2 Å². The summed E-state index contributed by atoms with van der Waals surface area (Å²) in [4.78, 5) is 57.0. The molecular formula is C121H62F8N16. The largest absolute Gasteiger partial charge is 0.247 e. The average Bonchev–Trinajstić information content (AvgIpc) is 0.719. The van der Waals surface area contributed by atoms with Crippen LogP contribution >= 0.6 is 0 Å². The van der Waals surface area contributed by atoms with Gasteiger partial charge in [-0.1, -0.05) is 231 Å². The van der Waals surface area contributed by atoms with Gasteiger partial charge in [-0.3, -0.25) is 0 Å². The van der Waals surface area contributed by atoms with Gasteiger partial charge in [-0.25, -0.2) is 94.5 Å². The van der Waals surface area contributed by atoms with Crippen LogP contribution in [0.1, 0.15) is 38.9 Å². The first-order valence-electron chi connectivity index (χ1n) is 45.1. The van der Waals surface area contributed by atoms with Gasteiger partial charge in [0.2, 0.25) is 5.82 Å². The molecule has 0 saturated heterocycles. The van der Waals surface area contributed by atoms with Crippen molar-refractivity contribution in [2.75, 3.05) is 0 Å². The summed E-state index contributed by atoms with van der Waals surface area (Å²) in [5.74, 6) is -14.3. The molecule has 682 valence electrons. The van der Waals surface area contributed by atoms with Crippen LogP contribution in [0.15, 0.2) is 322 Å². The molecule has 0 spiro atoms. The number of aryl methyl sites for hydroxylation is 3. The number of nitriles is 4. The van der Waals surface area contributed by atoms with Crippen molar-refractivity contribution in [1.29, 1.82) is 21.0 Å². The van der Waals surface area contributed by atoms with Crippen LogP contribution in [0.2, 0.25) is 0 Å². The monoisotopic (exact) mass is 1890 g/mol. The third-order valence-corrected chi connectivity index (χ3v) is 25.5. The highest BCUT2D eigenvalue weighted by atomic mass is 19.2. The Morgan fingerprint density at radius 3 is 0.814 bits per heavy atom. The number of halogens is 8. The van der Waals surface area contributed by atoms with Crippen molar-refractivity contribution in [2.45, 2.75) is 20.8 Å². The topological polar surface area (TPSA) is 224 Å². The molecular weight excluding hydrogens is 1830 g/mol. The summed E-state index contributed by atoms with van der Waals surface area (Å²) in [5.41, 5.74) is 22.2. The molecule has 0 amide bonds. The van der Waals surface area contributed by atoms with Crippen molar-refractivity contribution in [3.05, 3.63) is 441 Å². The van der Waals surface area contributed by atoms with Crippen LogP contribution in [0.3, 0.4) is 0 Å². The van der Waals surface area contributed by atoms with E-state index in [1.807, 2.05) is 185 Å². The number of nitrogens with zero attached hydrogens (tertiary/aromatic N) is 16. The van der Waals surface area contributed by atoms with Crippen molar-refractivity contribution in [3.8, 4) is 148 Å². The van der Waals surface area contributed by atoms with Gasteiger partial charge in [-0.2, -0.15) is 21.0 Å². The molecule has 0 saturated carbocycles. The minimum absolute atomic E-state index is 0.140. The van der Waals surface area contributed by atoms with Gasteiger partial charge >= 0.3 is 0 Å². The molecule has 0 fully saturated rings. The zero-order valence-electron chi connectivity index (χ0n) is 76.3. The van der Waals surface area contributed by atoms with Gasteiger partial charge < -0.3 is 0 Å². The maximum absolute atomic E-state index is 15.3. The minimum atomic E-state index is -2.24. The van der Waals surface area contributed by atoms with Gasteiger partial charge in [0, 0.05) is 81.9 Å². The number of pyridine rings is 3. The summed E-state index contributed by atoms with van der Waals surface area (Å²) < 4.78 is 117. The zero-order valence-corrected chi connectivity index (χ0v) is 76.3. The molecule has 23 aromatic rings. The number of benzene rings is 17. The molecule has 145 heavy (non-hydrogen) atoms. The highest BCUT2D eigenvalue weighted by Crippen LogP contribution is 2.50. The molecule has 0 bridgehead atoms. The average molecular weight is 1890 g/mol. The van der Waals surface area contributed by atoms with Gasteiger partial charge in [-0.15, -0.1) is 0 Å². The zero-order chi connectivity index (χ0) is 100. The van der Waals surface area contributed by atoms with E-state index in [9.17, 15) is 47.4 Å². The Morgan fingerprint density at radius 2 is 0.490 bits per heavy atom. The number of fused-ring (bicyclic) bond motifs is 15. The Bertz CT molecular complexity index is 9730. The van der Waals surface area contributed by atoms with E-state index in [0.29, 0.717) is 156 Å². The lowest BCUT2D eigenvalue weighted by Crippen LogP contribution is -2.05. The highest BCUT2D eigenvalue weighted by molar-refractivity contribution is 6.26. The minimum Gasteiger partial charge on any atom is -0.247 e. The van der Waals surface area contributed by atoms with Crippen molar-refractivity contribution >= 4 is 115 Å². The fourth-order valence-corrected chi connectivity index (χ4v) is 18.7. The first-order chi connectivity index (χ1) is 70.6. The maximum Gasteiger partial charge on any atom is 0.200 e. The van der Waals surface area contributed by atoms with Crippen LogP contribution in [0.4, 0.5) is 52.2 Å². The fourth-order valence-electron chi connectivity index (χ4n) is 18.7. The van der Waals surface area contributed by atoms with Gasteiger partial charge in [0.25, 0.3) is 0 Å². The lowest BCUT2D eigenvalue weighted by molar-refractivity contribution is 0.381. The van der Waals surface area contributed by atoms with Gasteiger partial charge in [-0.05, 0) is 162 Å². The van der Waals surface area contributed by atoms with Crippen LogP contribution in [0, 0.1) is 132 Å². The molecule has 0 radical (unpaired) electrons. The highest BCUT2D eigenvalue weighted by Gasteiger charge is 2.32. The van der Waals surface area contributed by atoms with Crippen molar-refractivity contribution in [1.82, 2.24) is 44.9 Å². The van der Waals surface area contributed by atoms with E-state index in [2.05, 4.69) is 38.8 Å². The maximum atomic E-state index is 15.3. The summed E-state index contributed by atoms with van der Waals surface area (Å²) >= 11 is 0. The van der Waals surface area contributed by atoms with E-state index in [4.69, 9.17) is 64.6 Å². The lowest BCUT2D eigenvalue weighted by atomic mass is 9.90.